The molecule has 0 aliphatic carbocycles. The number of nitrogens with two attached hydrogens (primary N) is 2. The maximum absolute atomic E-state index is 6.18. The summed E-state index contributed by atoms with van der Waals surface area (Å²) >= 11 is 0. The van der Waals surface area contributed by atoms with Crippen molar-refractivity contribution in [3.63, 3.8) is 0 Å². The summed E-state index contributed by atoms with van der Waals surface area (Å²) in [6.45, 7) is 3.12. The van der Waals surface area contributed by atoms with E-state index >= 15 is 0 Å². The average molecular weight is 285 g/mol. The zero-order chi connectivity index (χ0) is 14.9. The minimum absolute atomic E-state index is 0.449. The normalized spacial score (nSPS) is 12.8. The third-order valence-corrected chi connectivity index (χ3v) is 4.21. The van der Waals surface area contributed by atoms with Crippen LogP contribution in [0.4, 0.5) is 0 Å². The molecule has 4 N–H and O–H groups in total. The fourth-order valence-corrected chi connectivity index (χ4v) is 2.77. The van der Waals surface area contributed by atoms with E-state index in [1.54, 1.807) is 0 Å². The van der Waals surface area contributed by atoms with Gasteiger partial charge in [-0.25, -0.2) is 0 Å². The van der Waals surface area contributed by atoms with Crippen LogP contribution in [0.1, 0.15) is 103 Å². The zero-order valence-corrected chi connectivity index (χ0v) is 14.0. The van der Waals surface area contributed by atoms with Gasteiger partial charge in [0.1, 0.15) is 0 Å². The van der Waals surface area contributed by atoms with Crippen molar-refractivity contribution in [3.8, 4) is 0 Å². The van der Waals surface area contributed by atoms with Gasteiger partial charge in [0.2, 0.25) is 0 Å². The van der Waals surface area contributed by atoms with Crippen molar-refractivity contribution in [3.05, 3.63) is 0 Å². The van der Waals surface area contributed by atoms with Gasteiger partial charge in [-0.15, -0.1) is 0 Å². The SMILES string of the molecule is CCCCCCCCCCC(N)CCCCCCCN. The van der Waals surface area contributed by atoms with E-state index in [1.165, 1.54) is 96.3 Å². The number of rotatable bonds is 16. The van der Waals surface area contributed by atoms with Crippen LogP contribution in [0.25, 0.3) is 0 Å². The average Bonchev–Trinajstić information content (AvgIpc) is 2.45. The smallest absolute Gasteiger partial charge is 0.00388 e. The van der Waals surface area contributed by atoms with Gasteiger partial charge in [0.25, 0.3) is 0 Å². The van der Waals surface area contributed by atoms with Crippen LogP contribution in [0, 0.1) is 0 Å². The third kappa shape index (κ3) is 16.0. The van der Waals surface area contributed by atoms with Gasteiger partial charge in [-0.05, 0) is 25.8 Å². The highest BCUT2D eigenvalue weighted by molar-refractivity contribution is 4.62. The Balaban J connectivity index is 3.10. The van der Waals surface area contributed by atoms with Gasteiger partial charge < -0.3 is 11.5 Å². The van der Waals surface area contributed by atoms with Gasteiger partial charge in [-0.2, -0.15) is 0 Å². The lowest BCUT2D eigenvalue weighted by molar-refractivity contribution is 0.482. The summed E-state index contributed by atoms with van der Waals surface area (Å²) in [7, 11) is 0. The number of hydrogen-bond donors (Lipinski definition) is 2. The molecule has 0 aliphatic rings. The molecule has 0 saturated heterocycles. The third-order valence-electron chi connectivity index (χ3n) is 4.21. The molecule has 1 unspecified atom stereocenters. The molecule has 0 aromatic heterocycles. The molecule has 2 nitrogen and oxygen atoms in total. The molecule has 0 heterocycles. The molecule has 0 aliphatic heterocycles. The molecule has 0 radical (unpaired) electrons. The van der Waals surface area contributed by atoms with Crippen LogP contribution in [0.3, 0.4) is 0 Å². The van der Waals surface area contributed by atoms with Gasteiger partial charge in [-0.3, -0.25) is 0 Å². The summed E-state index contributed by atoms with van der Waals surface area (Å²) in [5, 5.41) is 0. The van der Waals surface area contributed by atoms with Crippen LogP contribution in [0.5, 0.6) is 0 Å². The monoisotopic (exact) mass is 284 g/mol. The topological polar surface area (TPSA) is 52.0 Å². The number of hydrogen-bond acceptors (Lipinski definition) is 2. The highest BCUT2D eigenvalue weighted by Gasteiger charge is 2.02. The van der Waals surface area contributed by atoms with E-state index in [0.717, 1.165) is 6.54 Å². The lowest BCUT2D eigenvalue weighted by atomic mass is 10.0. The lowest BCUT2D eigenvalue weighted by Gasteiger charge is -2.11. The molecule has 0 fully saturated rings. The van der Waals surface area contributed by atoms with E-state index in [2.05, 4.69) is 6.92 Å². The molecular formula is C18H40N2. The van der Waals surface area contributed by atoms with Crippen molar-refractivity contribution in [1.82, 2.24) is 0 Å². The highest BCUT2D eigenvalue weighted by atomic mass is 14.6. The standard InChI is InChI=1S/C18H40N2/c1-2-3-4-5-6-7-9-12-15-18(20)16-13-10-8-11-14-17-19/h18H,2-17,19-20H2,1H3. The van der Waals surface area contributed by atoms with E-state index in [0.29, 0.717) is 6.04 Å². The van der Waals surface area contributed by atoms with E-state index < -0.39 is 0 Å². The van der Waals surface area contributed by atoms with Crippen molar-refractivity contribution in [1.29, 1.82) is 0 Å². The van der Waals surface area contributed by atoms with Crippen molar-refractivity contribution in [2.24, 2.45) is 11.5 Å². The van der Waals surface area contributed by atoms with Gasteiger partial charge in [0.15, 0.2) is 0 Å². The summed E-state index contributed by atoms with van der Waals surface area (Å²) in [5.74, 6) is 0. The Labute approximate surface area is 128 Å². The molecule has 1 atom stereocenters. The molecule has 0 aromatic carbocycles. The van der Waals surface area contributed by atoms with E-state index in [4.69, 9.17) is 11.5 Å². The second kappa shape index (κ2) is 17.0. The zero-order valence-electron chi connectivity index (χ0n) is 14.0. The second-order valence-electron chi connectivity index (χ2n) is 6.37. The van der Waals surface area contributed by atoms with E-state index in [9.17, 15) is 0 Å². The highest BCUT2D eigenvalue weighted by Crippen LogP contribution is 2.13. The van der Waals surface area contributed by atoms with E-state index in [1.807, 2.05) is 0 Å². The fourth-order valence-electron chi connectivity index (χ4n) is 2.77. The molecule has 2 heteroatoms. The summed E-state index contributed by atoms with van der Waals surface area (Å²) in [4.78, 5) is 0. The van der Waals surface area contributed by atoms with Crippen LogP contribution in [-0.2, 0) is 0 Å². The van der Waals surface area contributed by atoms with Crippen molar-refractivity contribution in [2.45, 2.75) is 109 Å². The molecule has 0 aromatic rings. The van der Waals surface area contributed by atoms with Crippen LogP contribution in [0.15, 0.2) is 0 Å². The number of unbranched alkanes of at least 4 members (excludes halogenated alkanes) is 11. The van der Waals surface area contributed by atoms with Crippen LogP contribution in [-0.4, -0.2) is 12.6 Å². The van der Waals surface area contributed by atoms with Crippen molar-refractivity contribution in [2.75, 3.05) is 6.54 Å². The minimum atomic E-state index is 0.449. The Bertz CT molecular complexity index is 171. The predicted octanol–water partition coefficient (Wildman–Crippen LogP) is 5.14. The fraction of sp³-hybridized carbons (Fsp3) is 1.00. The second-order valence-corrected chi connectivity index (χ2v) is 6.37. The Hall–Kier alpha value is -0.0800. The molecule has 0 amide bonds. The van der Waals surface area contributed by atoms with Gasteiger partial charge >= 0.3 is 0 Å². The molecular weight excluding hydrogens is 244 g/mol. The predicted molar refractivity (Wildman–Crippen MR) is 92.0 cm³/mol. The van der Waals surface area contributed by atoms with Gasteiger partial charge in [-0.1, -0.05) is 84.0 Å². The Morgan fingerprint density at radius 3 is 1.45 bits per heavy atom. The first kappa shape index (κ1) is 19.9. The summed E-state index contributed by atoms with van der Waals surface area (Å²) in [5.41, 5.74) is 11.7. The maximum Gasteiger partial charge on any atom is 0.00388 e. The quantitative estimate of drug-likeness (QED) is 0.385. The lowest BCUT2D eigenvalue weighted by Crippen LogP contribution is -2.19. The van der Waals surface area contributed by atoms with Crippen LogP contribution in [0.2, 0.25) is 0 Å². The van der Waals surface area contributed by atoms with Gasteiger partial charge in [0.05, 0.1) is 0 Å². The molecule has 0 saturated carbocycles. The summed E-state index contributed by atoms with van der Waals surface area (Å²) in [6, 6.07) is 0.449. The molecule has 0 bridgehead atoms. The largest absolute Gasteiger partial charge is 0.330 e. The first-order valence-electron chi connectivity index (χ1n) is 9.27. The first-order valence-corrected chi connectivity index (χ1v) is 9.27. The Kier molecular flexibility index (Phi) is 16.9. The molecule has 0 spiro atoms. The Morgan fingerprint density at radius 1 is 0.600 bits per heavy atom. The van der Waals surface area contributed by atoms with Crippen LogP contribution >= 0.6 is 0 Å². The summed E-state index contributed by atoms with van der Waals surface area (Å²) < 4.78 is 0. The molecule has 20 heavy (non-hydrogen) atoms. The van der Waals surface area contributed by atoms with E-state index in [-0.39, 0.29) is 0 Å². The van der Waals surface area contributed by atoms with Crippen molar-refractivity contribution < 1.29 is 0 Å². The summed E-state index contributed by atoms with van der Waals surface area (Å²) in [6.07, 6.45) is 20.1. The molecule has 122 valence electrons. The van der Waals surface area contributed by atoms with Crippen molar-refractivity contribution >= 4 is 0 Å². The Morgan fingerprint density at radius 2 is 1.00 bits per heavy atom. The maximum atomic E-state index is 6.18. The van der Waals surface area contributed by atoms with Crippen LogP contribution < -0.4 is 11.5 Å². The minimum Gasteiger partial charge on any atom is -0.330 e. The molecule has 0 rings (SSSR count). The first-order chi connectivity index (χ1) is 9.81. The van der Waals surface area contributed by atoms with Gasteiger partial charge in [0, 0.05) is 6.04 Å².